The molecule has 100 valence electrons. The van der Waals surface area contributed by atoms with E-state index in [0.717, 1.165) is 0 Å². The lowest BCUT2D eigenvalue weighted by molar-refractivity contribution is -0.146. The molecule has 8 heteroatoms. The molecule has 0 radical (unpaired) electrons. The number of benzene rings is 1. The van der Waals surface area contributed by atoms with E-state index in [4.69, 9.17) is 14.9 Å². The molecule has 0 aromatic heterocycles. The van der Waals surface area contributed by atoms with Gasteiger partial charge >= 0.3 is 5.97 Å². The number of hydrogen-bond acceptors (Lipinski definition) is 5. The summed E-state index contributed by atoms with van der Waals surface area (Å²) in [4.78, 5) is 10.3. The maximum atomic E-state index is 11.8. The Hall–Kier alpha value is -1.64. The molecule has 0 amide bonds. The Morgan fingerprint density at radius 2 is 2.17 bits per heavy atom. The molecule has 0 fully saturated rings. The highest BCUT2D eigenvalue weighted by atomic mass is 32.2. The van der Waals surface area contributed by atoms with Crippen molar-refractivity contribution >= 4 is 16.0 Å². The zero-order chi connectivity index (χ0) is 13.8. The largest absolute Gasteiger partial charge is 0.497 e. The van der Waals surface area contributed by atoms with Crippen LogP contribution in [0.4, 0.5) is 0 Å². The average molecular weight is 275 g/mol. The molecule has 0 heterocycles. The minimum atomic E-state index is -3.87. The Morgan fingerprint density at radius 3 is 2.72 bits per heavy atom. The topological polar surface area (TPSA) is 113 Å². The maximum Gasteiger partial charge on any atom is 0.333 e. The van der Waals surface area contributed by atoms with Crippen molar-refractivity contribution in [3.05, 3.63) is 24.3 Å². The van der Waals surface area contributed by atoms with E-state index < -0.39 is 28.6 Å². The SMILES string of the molecule is COc1cccc(S(=O)(=O)NCC(O)C(=O)O)c1. The molecule has 1 rings (SSSR count). The Bertz CT molecular complexity index is 527. The highest BCUT2D eigenvalue weighted by Crippen LogP contribution is 2.16. The highest BCUT2D eigenvalue weighted by molar-refractivity contribution is 7.89. The molecule has 1 atom stereocenters. The molecule has 18 heavy (non-hydrogen) atoms. The fourth-order valence-corrected chi connectivity index (χ4v) is 2.20. The van der Waals surface area contributed by atoms with Crippen molar-refractivity contribution in [3.8, 4) is 5.75 Å². The van der Waals surface area contributed by atoms with E-state index in [1.807, 2.05) is 4.72 Å². The maximum absolute atomic E-state index is 11.8. The number of ether oxygens (including phenoxy) is 1. The zero-order valence-electron chi connectivity index (χ0n) is 9.53. The molecule has 0 saturated heterocycles. The fourth-order valence-electron chi connectivity index (χ4n) is 1.13. The molecule has 0 spiro atoms. The van der Waals surface area contributed by atoms with Gasteiger partial charge < -0.3 is 14.9 Å². The van der Waals surface area contributed by atoms with Crippen LogP contribution in [0, 0.1) is 0 Å². The number of rotatable bonds is 6. The van der Waals surface area contributed by atoms with Crippen molar-refractivity contribution in [2.24, 2.45) is 0 Å². The monoisotopic (exact) mass is 275 g/mol. The summed E-state index contributed by atoms with van der Waals surface area (Å²) in [5.74, 6) is -1.14. The number of aliphatic hydroxyl groups is 1. The van der Waals surface area contributed by atoms with Gasteiger partial charge in [0.25, 0.3) is 0 Å². The van der Waals surface area contributed by atoms with Gasteiger partial charge in [-0.05, 0) is 12.1 Å². The summed E-state index contributed by atoms with van der Waals surface area (Å²) >= 11 is 0. The van der Waals surface area contributed by atoms with E-state index >= 15 is 0 Å². The van der Waals surface area contributed by atoms with E-state index in [-0.39, 0.29) is 4.90 Å². The highest BCUT2D eigenvalue weighted by Gasteiger charge is 2.19. The fraction of sp³-hybridized carbons (Fsp3) is 0.300. The molecule has 1 unspecified atom stereocenters. The molecule has 1 aromatic carbocycles. The second kappa shape index (κ2) is 5.80. The summed E-state index contributed by atoms with van der Waals surface area (Å²) in [7, 11) is -2.48. The van der Waals surface area contributed by atoms with E-state index in [1.54, 1.807) is 6.07 Å². The third-order valence-corrected chi connectivity index (χ3v) is 3.52. The summed E-state index contributed by atoms with van der Waals surface area (Å²) in [5, 5.41) is 17.4. The summed E-state index contributed by atoms with van der Waals surface area (Å²) in [5.41, 5.74) is 0. The summed E-state index contributed by atoms with van der Waals surface area (Å²) in [6, 6.07) is 5.68. The molecule has 0 bridgehead atoms. The van der Waals surface area contributed by atoms with Gasteiger partial charge in [0, 0.05) is 12.6 Å². The van der Waals surface area contributed by atoms with Gasteiger partial charge in [-0.1, -0.05) is 6.07 Å². The number of carboxylic acids is 1. The Morgan fingerprint density at radius 1 is 1.50 bits per heavy atom. The van der Waals surface area contributed by atoms with Gasteiger partial charge in [-0.25, -0.2) is 17.9 Å². The molecule has 3 N–H and O–H groups in total. The van der Waals surface area contributed by atoms with Gasteiger partial charge in [0.1, 0.15) is 5.75 Å². The number of carbonyl (C=O) groups is 1. The van der Waals surface area contributed by atoms with Crippen LogP contribution < -0.4 is 9.46 Å². The van der Waals surface area contributed by atoms with Crippen LogP contribution in [0.25, 0.3) is 0 Å². The van der Waals surface area contributed by atoms with Crippen molar-refractivity contribution in [1.29, 1.82) is 0 Å². The van der Waals surface area contributed by atoms with Crippen LogP contribution in [-0.4, -0.2) is 44.4 Å². The quantitative estimate of drug-likeness (QED) is 0.640. The number of carboxylic acid groups (broad SMARTS) is 1. The molecule has 7 nitrogen and oxygen atoms in total. The van der Waals surface area contributed by atoms with Gasteiger partial charge in [-0.3, -0.25) is 0 Å². The number of hydrogen-bond donors (Lipinski definition) is 3. The first-order chi connectivity index (χ1) is 8.36. The van der Waals surface area contributed by atoms with Crippen LogP contribution in [0.2, 0.25) is 0 Å². The molecule has 0 aliphatic rings. The van der Waals surface area contributed by atoms with Crippen LogP contribution >= 0.6 is 0 Å². The van der Waals surface area contributed by atoms with E-state index in [2.05, 4.69) is 0 Å². The van der Waals surface area contributed by atoms with Crippen LogP contribution in [0.3, 0.4) is 0 Å². The molecule has 0 aliphatic heterocycles. The van der Waals surface area contributed by atoms with E-state index in [0.29, 0.717) is 5.75 Å². The zero-order valence-corrected chi connectivity index (χ0v) is 10.3. The van der Waals surface area contributed by atoms with Gasteiger partial charge in [-0.2, -0.15) is 0 Å². The predicted octanol–water partition coefficient (Wildman–Crippen LogP) is -0.581. The van der Waals surface area contributed by atoms with Crippen LogP contribution in [0.15, 0.2) is 29.2 Å². The minimum absolute atomic E-state index is 0.0700. The first-order valence-electron chi connectivity index (χ1n) is 4.91. The van der Waals surface area contributed by atoms with Gasteiger partial charge in [0.05, 0.1) is 12.0 Å². The number of aliphatic carboxylic acids is 1. The van der Waals surface area contributed by atoms with Crippen molar-refractivity contribution in [2.45, 2.75) is 11.0 Å². The Kier molecular flexibility index (Phi) is 4.65. The first-order valence-corrected chi connectivity index (χ1v) is 6.39. The standard InChI is InChI=1S/C10H13NO6S/c1-17-7-3-2-4-8(5-7)18(15,16)11-6-9(12)10(13)14/h2-5,9,11-12H,6H2,1H3,(H,13,14). The van der Waals surface area contributed by atoms with E-state index in [9.17, 15) is 13.2 Å². The average Bonchev–Trinajstić information content (AvgIpc) is 2.36. The van der Waals surface area contributed by atoms with Gasteiger partial charge in [-0.15, -0.1) is 0 Å². The number of sulfonamides is 1. The second-order valence-corrected chi connectivity index (χ2v) is 5.15. The molecular formula is C10H13NO6S. The second-order valence-electron chi connectivity index (χ2n) is 3.38. The minimum Gasteiger partial charge on any atom is -0.497 e. The van der Waals surface area contributed by atoms with E-state index in [1.165, 1.54) is 25.3 Å². The van der Waals surface area contributed by atoms with Crippen molar-refractivity contribution in [1.82, 2.24) is 4.72 Å². The molecule has 1 aromatic rings. The lowest BCUT2D eigenvalue weighted by Gasteiger charge is -2.09. The summed E-state index contributed by atoms with van der Waals surface area (Å²) in [6.45, 7) is -0.602. The normalized spacial score (nSPS) is 13.0. The molecule has 0 saturated carbocycles. The number of methoxy groups -OCH3 is 1. The van der Waals surface area contributed by atoms with Crippen molar-refractivity contribution < 1.29 is 28.2 Å². The third kappa shape index (κ3) is 3.69. The first kappa shape index (κ1) is 14.4. The Balaban J connectivity index is 2.83. The number of nitrogens with one attached hydrogen (secondary N) is 1. The van der Waals surface area contributed by atoms with Crippen LogP contribution in [-0.2, 0) is 14.8 Å². The predicted molar refractivity (Wildman–Crippen MR) is 61.8 cm³/mol. The van der Waals surface area contributed by atoms with Gasteiger partial charge in [0.15, 0.2) is 6.10 Å². The van der Waals surface area contributed by atoms with Crippen LogP contribution in [0.1, 0.15) is 0 Å². The Labute approximate surface area is 104 Å². The van der Waals surface area contributed by atoms with Crippen molar-refractivity contribution in [3.63, 3.8) is 0 Å². The third-order valence-electron chi connectivity index (χ3n) is 2.10. The summed E-state index contributed by atoms with van der Waals surface area (Å²) < 4.78 is 30.4. The molecular weight excluding hydrogens is 262 g/mol. The number of aliphatic hydroxyl groups excluding tert-OH is 1. The smallest absolute Gasteiger partial charge is 0.333 e. The van der Waals surface area contributed by atoms with Crippen molar-refractivity contribution in [2.75, 3.05) is 13.7 Å². The lowest BCUT2D eigenvalue weighted by atomic mass is 10.3. The summed E-state index contributed by atoms with van der Waals surface area (Å²) in [6.07, 6.45) is -1.79. The van der Waals surface area contributed by atoms with Gasteiger partial charge in [0.2, 0.25) is 10.0 Å². The van der Waals surface area contributed by atoms with Crippen LogP contribution in [0.5, 0.6) is 5.75 Å². The lowest BCUT2D eigenvalue weighted by Crippen LogP contribution is -2.36. The molecule has 0 aliphatic carbocycles.